The topological polar surface area (TPSA) is 49.9 Å². The average molecular weight is 336 g/mol. The highest BCUT2D eigenvalue weighted by molar-refractivity contribution is 7.98. The summed E-state index contributed by atoms with van der Waals surface area (Å²) in [5.74, 6) is 1.94. The first-order valence-electron chi connectivity index (χ1n) is 8.02. The normalized spacial score (nSPS) is 14.7. The van der Waals surface area contributed by atoms with Crippen molar-refractivity contribution in [2.75, 3.05) is 38.5 Å². The number of rotatable bonds is 6. The first kappa shape index (κ1) is 17.7. The summed E-state index contributed by atoms with van der Waals surface area (Å²) in [6, 6.07) is 10.3. The lowest BCUT2D eigenvalue weighted by atomic mass is 10.2. The molecule has 0 aromatic heterocycles. The maximum Gasteiger partial charge on any atom is 0.409 e. The number of hydrogen-bond donors (Lipinski definition) is 0. The fourth-order valence-electron chi connectivity index (χ4n) is 2.44. The molecule has 1 fully saturated rings. The van der Waals surface area contributed by atoms with Crippen molar-refractivity contribution in [2.45, 2.75) is 19.1 Å². The Bertz CT molecular complexity index is 502. The number of hydrogen-bond acceptors (Lipinski definition) is 4. The molecule has 6 heteroatoms. The molecule has 1 saturated heterocycles. The molecule has 2 amide bonds. The molecule has 1 aliphatic heterocycles. The van der Waals surface area contributed by atoms with Crippen LogP contribution in [0.4, 0.5) is 4.79 Å². The highest BCUT2D eigenvalue weighted by Gasteiger charge is 2.24. The fourth-order valence-corrected chi connectivity index (χ4v) is 3.33. The molecule has 0 bridgehead atoms. The molecule has 0 radical (unpaired) electrons. The van der Waals surface area contributed by atoms with E-state index in [1.54, 1.807) is 23.6 Å². The number of benzene rings is 1. The van der Waals surface area contributed by atoms with E-state index in [0.717, 1.165) is 11.5 Å². The Balaban J connectivity index is 1.62. The van der Waals surface area contributed by atoms with E-state index in [-0.39, 0.29) is 12.0 Å². The van der Waals surface area contributed by atoms with Crippen LogP contribution >= 0.6 is 11.8 Å². The van der Waals surface area contributed by atoms with Crippen LogP contribution in [0.5, 0.6) is 0 Å². The van der Waals surface area contributed by atoms with Crippen LogP contribution in [0.1, 0.15) is 18.9 Å². The lowest BCUT2D eigenvalue weighted by molar-refractivity contribution is -0.132. The fraction of sp³-hybridized carbons (Fsp3) is 0.529. The van der Waals surface area contributed by atoms with Gasteiger partial charge in [-0.25, -0.2) is 4.79 Å². The Kier molecular flexibility index (Phi) is 7.26. The van der Waals surface area contributed by atoms with Gasteiger partial charge in [-0.2, -0.15) is 11.8 Å². The molecule has 0 atom stereocenters. The Morgan fingerprint density at radius 3 is 2.39 bits per heavy atom. The summed E-state index contributed by atoms with van der Waals surface area (Å²) in [6.07, 6.45) is 0.273. The van der Waals surface area contributed by atoms with Gasteiger partial charge in [0.05, 0.1) is 6.61 Å². The van der Waals surface area contributed by atoms with E-state index < -0.39 is 0 Å². The molecule has 0 unspecified atom stereocenters. The molecule has 1 aromatic carbocycles. The Hall–Kier alpha value is -1.69. The number of thioether (sulfide) groups is 1. The lowest BCUT2D eigenvalue weighted by Crippen LogP contribution is -2.50. The van der Waals surface area contributed by atoms with Crippen molar-refractivity contribution in [3.8, 4) is 0 Å². The zero-order valence-corrected chi connectivity index (χ0v) is 14.4. The number of piperazine rings is 1. The van der Waals surface area contributed by atoms with Crippen molar-refractivity contribution in [1.82, 2.24) is 9.80 Å². The number of carbonyl (C=O) groups is 2. The van der Waals surface area contributed by atoms with Gasteiger partial charge in [-0.3, -0.25) is 4.79 Å². The van der Waals surface area contributed by atoms with E-state index in [2.05, 4.69) is 12.1 Å². The largest absolute Gasteiger partial charge is 0.450 e. The van der Waals surface area contributed by atoms with Crippen molar-refractivity contribution in [2.24, 2.45) is 0 Å². The molecule has 23 heavy (non-hydrogen) atoms. The highest BCUT2D eigenvalue weighted by Crippen LogP contribution is 2.14. The summed E-state index contributed by atoms with van der Waals surface area (Å²) in [5.41, 5.74) is 1.29. The number of nitrogens with zero attached hydrogens (tertiary/aromatic N) is 2. The third-order valence-corrected chi connectivity index (χ3v) is 4.76. The van der Waals surface area contributed by atoms with Gasteiger partial charge in [-0.05, 0) is 12.5 Å². The average Bonchev–Trinajstić information content (AvgIpc) is 2.60. The van der Waals surface area contributed by atoms with Crippen molar-refractivity contribution < 1.29 is 14.3 Å². The quantitative estimate of drug-likeness (QED) is 0.749. The molecule has 1 heterocycles. The first-order chi connectivity index (χ1) is 11.2. The maximum atomic E-state index is 12.2. The van der Waals surface area contributed by atoms with Gasteiger partial charge in [0.15, 0.2) is 0 Å². The minimum Gasteiger partial charge on any atom is -0.450 e. The molecule has 0 saturated carbocycles. The first-order valence-corrected chi connectivity index (χ1v) is 9.17. The van der Waals surface area contributed by atoms with E-state index >= 15 is 0 Å². The van der Waals surface area contributed by atoms with Crippen LogP contribution in [0.2, 0.25) is 0 Å². The zero-order valence-electron chi connectivity index (χ0n) is 13.6. The standard InChI is InChI=1S/C17H24N2O3S/c1-2-22-17(21)19-11-9-18(10-12-19)16(20)8-13-23-14-15-6-4-3-5-7-15/h3-7H,2,8-14H2,1H3. The van der Waals surface area contributed by atoms with E-state index in [4.69, 9.17) is 4.74 Å². The molecule has 0 spiro atoms. The second kappa shape index (κ2) is 9.45. The minimum absolute atomic E-state index is 0.175. The smallest absolute Gasteiger partial charge is 0.409 e. The molecule has 126 valence electrons. The van der Waals surface area contributed by atoms with E-state index in [9.17, 15) is 9.59 Å². The highest BCUT2D eigenvalue weighted by atomic mass is 32.2. The van der Waals surface area contributed by atoms with Gasteiger partial charge >= 0.3 is 6.09 Å². The van der Waals surface area contributed by atoms with Gasteiger partial charge in [0.25, 0.3) is 0 Å². The predicted octanol–water partition coefficient (Wildman–Crippen LogP) is 2.61. The van der Waals surface area contributed by atoms with Crippen LogP contribution in [0.25, 0.3) is 0 Å². The molecule has 1 aromatic rings. The van der Waals surface area contributed by atoms with Crippen molar-refractivity contribution in [3.63, 3.8) is 0 Å². The van der Waals surface area contributed by atoms with Crippen LogP contribution in [-0.4, -0.2) is 60.3 Å². The minimum atomic E-state index is -0.280. The SMILES string of the molecule is CCOC(=O)N1CCN(C(=O)CCSCc2ccccc2)CC1. The van der Waals surface area contributed by atoms with Gasteiger partial charge in [-0.1, -0.05) is 30.3 Å². The molecule has 0 N–H and O–H groups in total. The van der Waals surface area contributed by atoms with Crippen LogP contribution in [0.15, 0.2) is 30.3 Å². The van der Waals surface area contributed by atoms with E-state index in [0.29, 0.717) is 39.2 Å². The summed E-state index contributed by atoms with van der Waals surface area (Å²) in [6.45, 7) is 4.49. The van der Waals surface area contributed by atoms with Crippen LogP contribution in [0.3, 0.4) is 0 Å². The third-order valence-electron chi connectivity index (χ3n) is 3.73. The molecular weight excluding hydrogens is 312 g/mol. The lowest BCUT2D eigenvalue weighted by Gasteiger charge is -2.34. The van der Waals surface area contributed by atoms with Crippen LogP contribution in [0, 0.1) is 0 Å². The van der Waals surface area contributed by atoms with E-state index in [1.165, 1.54) is 5.56 Å². The summed E-state index contributed by atoms with van der Waals surface area (Å²) >= 11 is 1.78. The van der Waals surface area contributed by atoms with Gasteiger partial charge in [0, 0.05) is 44.1 Å². The second-order valence-corrected chi connectivity index (χ2v) is 6.46. The van der Waals surface area contributed by atoms with Crippen molar-refractivity contribution in [1.29, 1.82) is 0 Å². The monoisotopic (exact) mass is 336 g/mol. The van der Waals surface area contributed by atoms with Crippen LogP contribution in [-0.2, 0) is 15.3 Å². The number of ether oxygens (including phenoxy) is 1. The number of carbonyl (C=O) groups excluding carboxylic acids is 2. The maximum absolute atomic E-state index is 12.2. The zero-order chi connectivity index (χ0) is 16.5. The van der Waals surface area contributed by atoms with E-state index in [1.807, 2.05) is 23.1 Å². The molecule has 1 aliphatic rings. The third kappa shape index (κ3) is 5.78. The van der Waals surface area contributed by atoms with Gasteiger partial charge in [-0.15, -0.1) is 0 Å². The summed E-state index contributed by atoms with van der Waals surface area (Å²) in [7, 11) is 0. The Morgan fingerprint density at radius 2 is 1.74 bits per heavy atom. The molecule has 2 rings (SSSR count). The van der Waals surface area contributed by atoms with Crippen molar-refractivity contribution >= 4 is 23.8 Å². The van der Waals surface area contributed by atoms with Crippen molar-refractivity contribution in [3.05, 3.63) is 35.9 Å². The summed E-state index contributed by atoms with van der Waals surface area (Å²) in [4.78, 5) is 27.3. The predicted molar refractivity (Wildman–Crippen MR) is 92.4 cm³/mol. The Labute approximate surface area is 142 Å². The Morgan fingerprint density at radius 1 is 1.09 bits per heavy atom. The second-order valence-electron chi connectivity index (χ2n) is 5.35. The summed E-state index contributed by atoms with van der Waals surface area (Å²) < 4.78 is 4.98. The molecule has 5 nitrogen and oxygen atoms in total. The summed E-state index contributed by atoms with van der Waals surface area (Å²) in [5, 5.41) is 0. The van der Waals surface area contributed by atoms with Gasteiger partial charge in [0.1, 0.15) is 0 Å². The molecule has 0 aliphatic carbocycles. The molecular formula is C17H24N2O3S. The number of amides is 2. The van der Waals surface area contributed by atoms with Gasteiger partial charge < -0.3 is 14.5 Å². The van der Waals surface area contributed by atoms with Gasteiger partial charge in [0.2, 0.25) is 5.91 Å². The van der Waals surface area contributed by atoms with Crippen LogP contribution < -0.4 is 0 Å².